The molecule has 0 bridgehead atoms. The number of hydrogen-bond donors (Lipinski definition) is 12. The first-order chi connectivity index (χ1) is 20.4. The third-order valence-electron chi connectivity index (χ3n) is 6.15. The molecule has 0 rings (SSSR count). The van der Waals surface area contributed by atoms with Crippen molar-refractivity contribution in [3.63, 3.8) is 0 Å². The van der Waals surface area contributed by atoms with E-state index in [0.29, 0.717) is 38.8 Å². The van der Waals surface area contributed by atoms with Gasteiger partial charge < -0.3 is 59.9 Å². The molecule has 0 radical (unpaired) electrons. The summed E-state index contributed by atoms with van der Waals surface area (Å²) in [6.07, 6.45) is 3.00. The van der Waals surface area contributed by atoms with Gasteiger partial charge in [0.1, 0.15) is 30.7 Å². The molecule has 18 nitrogen and oxygen atoms in total. The van der Waals surface area contributed by atoms with Crippen molar-refractivity contribution in [2.75, 3.05) is 32.7 Å². The van der Waals surface area contributed by atoms with E-state index in [2.05, 4.69) is 31.9 Å². The summed E-state index contributed by atoms with van der Waals surface area (Å²) in [5.74, 6) is -4.85. The first kappa shape index (κ1) is 39.0. The maximum atomic E-state index is 13.4. The van der Waals surface area contributed by atoms with Crippen LogP contribution in [0, 0.1) is 5.41 Å². The number of nitrogens with one attached hydrogen (secondary N) is 7. The van der Waals surface area contributed by atoms with E-state index in [4.69, 9.17) is 33.5 Å². The number of nitrogens with two attached hydrogens (primary N) is 4. The van der Waals surface area contributed by atoms with Gasteiger partial charge in [0.05, 0.1) is 6.54 Å². The van der Waals surface area contributed by atoms with Gasteiger partial charge in [-0.25, -0.2) is 0 Å². The van der Waals surface area contributed by atoms with Gasteiger partial charge in [-0.1, -0.05) is 0 Å². The number of rotatable bonds is 23. The number of carboxylic acid groups (broad SMARTS) is 1. The highest BCUT2D eigenvalue weighted by Gasteiger charge is 2.30. The van der Waals surface area contributed by atoms with Crippen molar-refractivity contribution in [3.8, 4) is 0 Å². The minimum Gasteiger partial charge on any atom is -0.480 e. The average Bonchev–Trinajstić information content (AvgIpc) is 2.95. The zero-order chi connectivity index (χ0) is 32.8. The third kappa shape index (κ3) is 18.2. The van der Waals surface area contributed by atoms with Crippen LogP contribution in [-0.2, 0) is 28.8 Å². The summed E-state index contributed by atoms with van der Waals surface area (Å²) in [6.45, 7) is 1.34. The SMILES string of the molecule is CC(NC(=O)C(CCCNC(=N)N)NC(=O)C(CCCCN)NC(=O)C(CCCCN)NC(=O)CN)C(=O)NCC(=O)O. The minimum absolute atomic E-state index is 0.0685. The van der Waals surface area contributed by atoms with Crippen LogP contribution in [0.2, 0.25) is 0 Å². The number of unbranched alkanes of at least 4 members (excludes halogenated alkanes) is 2. The molecule has 4 atom stereocenters. The largest absolute Gasteiger partial charge is 0.480 e. The number of carboxylic acids is 1. The van der Waals surface area contributed by atoms with Crippen molar-refractivity contribution < 1.29 is 33.9 Å². The molecule has 0 spiro atoms. The van der Waals surface area contributed by atoms with Crippen LogP contribution < -0.4 is 54.8 Å². The number of carbonyl (C=O) groups is 6. The van der Waals surface area contributed by atoms with E-state index in [1.807, 2.05) is 0 Å². The molecule has 0 fully saturated rings. The fourth-order valence-electron chi connectivity index (χ4n) is 3.81. The molecule has 0 aliphatic carbocycles. The number of hydrogen-bond acceptors (Lipinski definition) is 10. The summed E-state index contributed by atoms with van der Waals surface area (Å²) in [5, 5.41) is 31.1. The topological polar surface area (TPSA) is 323 Å². The molecule has 18 heteroatoms. The van der Waals surface area contributed by atoms with Crippen molar-refractivity contribution in [1.29, 1.82) is 5.41 Å². The molecule has 0 aliphatic heterocycles. The van der Waals surface area contributed by atoms with E-state index >= 15 is 0 Å². The Hall–Kier alpha value is -4.03. The lowest BCUT2D eigenvalue weighted by molar-refractivity contribution is -0.138. The van der Waals surface area contributed by atoms with Crippen LogP contribution in [0.15, 0.2) is 0 Å². The van der Waals surface area contributed by atoms with Crippen LogP contribution in [0.25, 0.3) is 0 Å². The maximum Gasteiger partial charge on any atom is 0.322 e. The lowest BCUT2D eigenvalue weighted by Gasteiger charge is -2.26. The van der Waals surface area contributed by atoms with Crippen molar-refractivity contribution >= 4 is 41.5 Å². The molecule has 0 aromatic heterocycles. The molecule has 0 aromatic rings. The second-order valence-electron chi connectivity index (χ2n) is 9.84. The fourth-order valence-corrected chi connectivity index (χ4v) is 3.81. The number of aliphatic carboxylic acids is 1. The zero-order valence-electron chi connectivity index (χ0n) is 24.7. The molecule has 0 aliphatic rings. The lowest BCUT2D eigenvalue weighted by atomic mass is 10.0. The van der Waals surface area contributed by atoms with Crippen molar-refractivity contribution in [2.24, 2.45) is 22.9 Å². The summed E-state index contributed by atoms with van der Waals surface area (Å²) in [4.78, 5) is 74.5. The summed E-state index contributed by atoms with van der Waals surface area (Å²) >= 11 is 0. The van der Waals surface area contributed by atoms with Crippen LogP contribution in [0.4, 0.5) is 0 Å². The highest BCUT2D eigenvalue weighted by molar-refractivity contribution is 5.95. The molecule has 5 amide bonds. The molecule has 16 N–H and O–H groups in total. The normalized spacial score (nSPS) is 13.4. The first-order valence-corrected chi connectivity index (χ1v) is 14.2. The highest BCUT2D eigenvalue weighted by atomic mass is 16.4. The quantitative estimate of drug-likeness (QED) is 0.0295. The molecule has 246 valence electrons. The van der Waals surface area contributed by atoms with Crippen LogP contribution in [0.1, 0.15) is 58.3 Å². The van der Waals surface area contributed by atoms with Gasteiger partial charge in [-0.05, 0) is 71.4 Å². The van der Waals surface area contributed by atoms with Crippen LogP contribution in [0.5, 0.6) is 0 Å². The fraction of sp³-hybridized carbons (Fsp3) is 0.720. The Morgan fingerprint density at radius 2 is 1.14 bits per heavy atom. The van der Waals surface area contributed by atoms with E-state index in [1.165, 1.54) is 6.92 Å². The zero-order valence-corrected chi connectivity index (χ0v) is 24.7. The van der Waals surface area contributed by atoms with Crippen LogP contribution in [0.3, 0.4) is 0 Å². The van der Waals surface area contributed by atoms with Crippen molar-refractivity contribution in [3.05, 3.63) is 0 Å². The molecule has 43 heavy (non-hydrogen) atoms. The summed E-state index contributed by atoms with van der Waals surface area (Å²) in [7, 11) is 0. The van der Waals surface area contributed by atoms with Crippen LogP contribution >= 0.6 is 0 Å². The summed E-state index contributed by atoms with van der Waals surface area (Å²) < 4.78 is 0. The van der Waals surface area contributed by atoms with Gasteiger partial charge in [0, 0.05) is 6.54 Å². The van der Waals surface area contributed by atoms with Crippen molar-refractivity contribution in [2.45, 2.75) is 82.5 Å². The standard InChI is InChI=1S/C25H49N11O7/c1-15(21(40)32-14-20(38)39)33-22(41)18(9-6-12-31-25(29)30)36-24(43)17(8-3-5-11-27)35-23(42)16(7-2-4-10-26)34-19(37)13-28/h15-18H,2-14,26-28H2,1H3,(H,32,40)(H,33,41)(H,34,37)(H,35,42)(H,36,43)(H,38,39)(H4,29,30,31). The smallest absolute Gasteiger partial charge is 0.322 e. The molecule has 0 aromatic carbocycles. The highest BCUT2D eigenvalue weighted by Crippen LogP contribution is 2.07. The second-order valence-corrected chi connectivity index (χ2v) is 9.84. The summed E-state index contributed by atoms with van der Waals surface area (Å²) in [5.41, 5.74) is 21.8. The van der Waals surface area contributed by atoms with Crippen LogP contribution in [-0.4, -0.2) is 103 Å². The first-order valence-electron chi connectivity index (χ1n) is 14.2. The monoisotopic (exact) mass is 615 g/mol. The van der Waals surface area contributed by atoms with Gasteiger partial charge in [0.2, 0.25) is 29.5 Å². The Morgan fingerprint density at radius 1 is 0.674 bits per heavy atom. The van der Waals surface area contributed by atoms with Gasteiger partial charge in [-0.3, -0.25) is 34.2 Å². The van der Waals surface area contributed by atoms with Gasteiger partial charge >= 0.3 is 5.97 Å². The predicted molar refractivity (Wildman–Crippen MR) is 158 cm³/mol. The number of carbonyl (C=O) groups excluding carboxylic acids is 5. The number of amides is 5. The average molecular weight is 616 g/mol. The van der Waals surface area contributed by atoms with Gasteiger partial charge in [-0.15, -0.1) is 0 Å². The molecular weight excluding hydrogens is 566 g/mol. The minimum atomic E-state index is -1.26. The van der Waals surface area contributed by atoms with Gasteiger partial charge in [0.15, 0.2) is 5.96 Å². The van der Waals surface area contributed by atoms with E-state index in [-0.39, 0.29) is 44.7 Å². The van der Waals surface area contributed by atoms with E-state index < -0.39 is 66.2 Å². The Balaban J connectivity index is 5.78. The molecule has 0 saturated heterocycles. The van der Waals surface area contributed by atoms with E-state index in [1.54, 1.807) is 0 Å². The molecule has 0 saturated carbocycles. The predicted octanol–water partition coefficient (Wildman–Crippen LogP) is -4.37. The van der Waals surface area contributed by atoms with Gasteiger partial charge in [0.25, 0.3) is 0 Å². The Labute approximate surface area is 251 Å². The van der Waals surface area contributed by atoms with Crippen molar-refractivity contribution in [1.82, 2.24) is 31.9 Å². The molecule has 4 unspecified atom stereocenters. The Bertz CT molecular complexity index is 935. The third-order valence-corrected chi connectivity index (χ3v) is 6.15. The lowest BCUT2D eigenvalue weighted by Crippen LogP contribution is -2.58. The maximum absolute atomic E-state index is 13.4. The number of guanidine groups is 1. The summed E-state index contributed by atoms with van der Waals surface area (Å²) in [6, 6.07) is -4.34. The van der Waals surface area contributed by atoms with E-state index in [0.717, 1.165) is 0 Å². The molecule has 0 heterocycles. The molecular formula is C25H49N11O7. The second kappa shape index (κ2) is 22.6. The Morgan fingerprint density at radius 3 is 1.58 bits per heavy atom. The Kier molecular flexibility index (Phi) is 20.4. The van der Waals surface area contributed by atoms with Gasteiger partial charge in [-0.2, -0.15) is 0 Å². The van der Waals surface area contributed by atoms with E-state index in [9.17, 15) is 28.8 Å².